The normalized spacial score (nSPS) is 10.9. The van der Waals surface area contributed by atoms with Crippen LogP contribution < -0.4 is 26.2 Å². The van der Waals surface area contributed by atoms with Gasteiger partial charge in [0.2, 0.25) is 11.8 Å². The van der Waals surface area contributed by atoms with Crippen molar-refractivity contribution in [2.24, 2.45) is 16.0 Å². The van der Waals surface area contributed by atoms with Crippen molar-refractivity contribution >= 4 is 34.6 Å². The Morgan fingerprint density at radius 1 is 0.838 bits per heavy atom. The zero-order chi connectivity index (χ0) is 26.9. The van der Waals surface area contributed by atoms with Crippen molar-refractivity contribution < 1.29 is 14.3 Å². The van der Waals surface area contributed by atoms with E-state index in [4.69, 9.17) is 10.5 Å². The van der Waals surface area contributed by atoms with E-state index < -0.39 is 0 Å². The van der Waals surface area contributed by atoms with E-state index in [2.05, 4.69) is 44.5 Å². The average Bonchev–Trinajstić information content (AvgIpc) is 2.91. The molecule has 0 aliphatic rings. The monoisotopic (exact) mass is 511 g/mol. The van der Waals surface area contributed by atoms with E-state index in [0.717, 1.165) is 48.9 Å². The Hall–Kier alpha value is -3.50. The summed E-state index contributed by atoms with van der Waals surface area (Å²) in [5.74, 6) is -0.420. The van der Waals surface area contributed by atoms with Crippen molar-refractivity contribution in [1.29, 1.82) is 0 Å². The highest BCUT2D eigenvalue weighted by molar-refractivity contribution is 5.83. The molecule has 0 heterocycles. The molecule has 202 valence electrons. The van der Waals surface area contributed by atoms with Crippen molar-refractivity contribution in [3.8, 4) is 0 Å². The molecule has 0 aromatic heterocycles. The lowest BCUT2D eigenvalue weighted by molar-refractivity contribution is -0.125. The second kappa shape index (κ2) is 17.0. The fourth-order valence-electron chi connectivity index (χ4n) is 3.62. The van der Waals surface area contributed by atoms with Crippen molar-refractivity contribution in [3.05, 3.63) is 48.5 Å². The number of benzene rings is 2. The molecule has 0 aliphatic carbocycles. The molecule has 2 aromatic rings. The summed E-state index contributed by atoms with van der Waals surface area (Å²) in [6.07, 6.45) is 0.713. The van der Waals surface area contributed by atoms with Crippen molar-refractivity contribution in [2.75, 3.05) is 68.8 Å². The Labute approximate surface area is 220 Å². The van der Waals surface area contributed by atoms with E-state index in [1.807, 2.05) is 48.5 Å². The smallest absolute Gasteiger partial charge is 0.239 e. The summed E-state index contributed by atoms with van der Waals surface area (Å²) in [5.41, 5.74) is 9.51. The third kappa shape index (κ3) is 11.4. The number of ether oxygens (including phenoxy) is 1. The highest BCUT2D eigenvalue weighted by Gasteiger charge is 2.06. The summed E-state index contributed by atoms with van der Waals surface area (Å²) in [5, 5.41) is 13.9. The molecule has 37 heavy (non-hydrogen) atoms. The molecule has 2 rings (SSSR count). The number of likely N-dealkylation sites (N-methyl/N-ethyl adjacent to an activating group) is 2. The average molecular weight is 512 g/mol. The van der Waals surface area contributed by atoms with Crippen molar-refractivity contribution in [1.82, 2.24) is 10.6 Å². The van der Waals surface area contributed by atoms with Gasteiger partial charge in [-0.3, -0.25) is 9.59 Å². The number of amides is 2. The van der Waals surface area contributed by atoms with E-state index in [1.165, 1.54) is 6.92 Å². The molecule has 0 bridgehead atoms. The number of rotatable bonds is 17. The van der Waals surface area contributed by atoms with E-state index in [0.29, 0.717) is 32.7 Å². The van der Waals surface area contributed by atoms with E-state index in [1.54, 1.807) is 0 Å². The SMILES string of the molecule is CCN(CCN)c1ccc(N=Nc2ccc(N(CC)CCOCCCNC(=O)CNC(C)=O)cc2)cc1. The quantitative estimate of drug-likeness (QED) is 0.221. The molecule has 0 aliphatic heterocycles. The van der Waals surface area contributed by atoms with Crippen LogP contribution in [-0.4, -0.2) is 70.8 Å². The molecule has 2 aromatic carbocycles. The van der Waals surface area contributed by atoms with Gasteiger partial charge in [-0.2, -0.15) is 10.2 Å². The van der Waals surface area contributed by atoms with Crippen LogP contribution in [0.3, 0.4) is 0 Å². The van der Waals surface area contributed by atoms with Crippen LogP contribution in [0.1, 0.15) is 27.2 Å². The summed E-state index contributed by atoms with van der Waals surface area (Å²) in [6.45, 7) is 11.2. The lowest BCUT2D eigenvalue weighted by Gasteiger charge is -2.23. The van der Waals surface area contributed by atoms with Gasteiger partial charge in [-0.1, -0.05) is 0 Å². The van der Waals surface area contributed by atoms with Gasteiger partial charge in [0.25, 0.3) is 0 Å². The fraction of sp³-hybridized carbons (Fsp3) is 0.481. The highest BCUT2D eigenvalue weighted by atomic mass is 16.5. The van der Waals surface area contributed by atoms with Crippen LogP contribution in [0.4, 0.5) is 22.7 Å². The number of hydrogen-bond acceptors (Lipinski definition) is 8. The van der Waals surface area contributed by atoms with Gasteiger partial charge in [-0.05, 0) is 68.8 Å². The van der Waals surface area contributed by atoms with Crippen LogP contribution in [-0.2, 0) is 14.3 Å². The predicted molar refractivity (Wildman–Crippen MR) is 149 cm³/mol. The molecular formula is C27H41N7O3. The number of nitrogens with zero attached hydrogens (tertiary/aromatic N) is 4. The topological polar surface area (TPSA) is 125 Å². The lowest BCUT2D eigenvalue weighted by atomic mass is 10.2. The van der Waals surface area contributed by atoms with Gasteiger partial charge in [0.1, 0.15) is 0 Å². The highest BCUT2D eigenvalue weighted by Crippen LogP contribution is 2.24. The maximum absolute atomic E-state index is 11.5. The maximum Gasteiger partial charge on any atom is 0.239 e. The van der Waals surface area contributed by atoms with Crippen molar-refractivity contribution in [3.63, 3.8) is 0 Å². The molecule has 0 unspecified atom stereocenters. The maximum atomic E-state index is 11.5. The third-order valence-corrected chi connectivity index (χ3v) is 5.66. The zero-order valence-electron chi connectivity index (χ0n) is 22.3. The van der Waals surface area contributed by atoms with E-state index in [9.17, 15) is 9.59 Å². The van der Waals surface area contributed by atoms with Crippen LogP contribution >= 0.6 is 0 Å². The van der Waals surface area contributed by atoms with Crippen LogP contribution in [0.25, 0.3) is 0 Å². The molecule has 0 atom stereocenters. The standard InChI is InChI=1S/C27H41N7O3/c1-4-33(17-15-28)25-11-7-23(8-12-25)31-32-24-9-13-26(14-10-24)34(5-2)18-20-37-19-6-16-29-27(36)21-30-22(3)35/h7-14H,4-6,15-21,28H2,1-3H3,(H,29,36)(H,30,35). The minimum Gasteiger partial charge on any atom is -0.380 e. The second-order valence-corrected chi connectivity index (χ2v) is 8.41. The summed E-state index contributed by atoms with van der Waals surface area (Å²) in [6, 6.07) is 16.0. The molecule has 0 fully saturated rings. The molecule has 0 spiro atoms. The first-order chi connectivity index (χ1) is 18.0. The third-order valence-electron chi connectivity index (χ3n) is 5.66. The first-order valence-electron chi connectivity index (χ1n) is 12.9. The molecular weight excluding hydrogens is 470 g/mol. The Kier molecular flexibility index (Phi) is 13.7. The number of carbonyl (C=O) groups is 2. The first kappa shape index (κ1) is 29.7. The molecule has 2 amide bonds. The molecule has 10 heteroatoms. The number of hydrogen-bond donors (Lipinski definition) is 3. The Morgan fingerprint density at radius 2 is 1.38 bits per heavy atom. The molecule has 0 radical (unpaired) electrons. The number of azo groups is 1. The number of carbonyl (C=O) groups excluding carboxylic acids is 2. The van der Waals surface area contributed by atoms with Crippen LogP contribution in [0.2, 0.25) is 0 Å². The summed E-state index contributed by atoms with van der Waals surface area (Å²) >= 11 is 0. The summed E-state index contributed by atoms with van der Waals surface area (Å²) in [4.78, 5) is 26.8. The summed E-state index contributed by atoms with van der Waals surface area (Å²) < 4.78 is 5.72. The molecule has 10 nitrogen and oxygen atoms in total. The van der Waals surface area contributed by atoms with Gasteiger partial charge in [0.15, 0.2) is 0 Å². The van der Waals surface area contributed by atoms with Crippen LogP contribution in [0.5, 0.6) is 0 Å². The fourth-order valence-corrected chi connectivity index (χ4v) is 3.62. The van der Waals surface area contributed by atoms with Crippen LogP contribution in [0, 0.1) is 0 Å². The van der Waals surface area contributed by atoms with Crippen LogP contribution in [0.15, 0.2) is 58.8 Å². The number of anilines is 2. The molecule has 4 N–H and O–H groups in total. The number of nitrogens with one attached hydrogen (secondary N) is 2. The Bertz CT molecular complexity index is 965. The Morgan fingerprint density at radius 3 is 1.86 bits per heavy atom. The second-order valence-electron chi connectivity index (χ2n) is 8.41. The zero-order valence-corrected chi connectivity index (χ0v) is 22.3. The largest absolute Gasteiger partial charge is 0.380 e. The minimum atomic E-state index is -0.221. The molecule has 0 saturated heterocycles. The van der Waals surface area contributed by atoms with Gasteiger partial charge >= 0.3 is 0 Å². The Balaban J connectivity index is 1.73. The predicted octanol–water partition coefficient (Wildman–Crippen LogP) is 3.37. The lowest BCUT2D eigenvalue weighted by Crippen LogP contribution is -2.36. The number of nitrogens with two attached hydrogens (primary N) is 1. The van der Waals surface area contributed by atoms with Gasteiger partial charge < -0.3 is 30.9 Å². The van der Waals surface area contributed by atoms with E-state index >= 15 is 0 Å². The van der Waals surface area contributed by atoms with Gasteiger partial charge in [0, 0.05) is 64.2 Å². The first-order valence-corrected chi connectivity index (χ1v) is 12.9. The summed E-state index contributed by atoms with van der Waals surface area (Å²) in [7, 11) is 0. The van der Waals surface area contributed by atoms with Crippen molar-refractivity contribution in [2.45, 2.75) is 27.2 Å². The minimum absolute atomic E-state index is 0.00242. The van der Waals surface area contributed by atoms with Gasteiger partial charge in [-0.15, -0.1) is 0 Å². The molecule has 0 saturated carbocycles. The van der Waals surface area contributed by atoms with E-state index in [-0.39, 0.29) is 18.4 Å². The van der Waals surface area contributed by atoms with Gasteiger partial charge in [0.05, 0.1) is 24.5 Å². The van der Waals surface area contributed by atoms with Gasteiger partial charge in [-0.25, -0.2) is 0 Å².